The Bertz CT molecular complexity index is 1360. The van der Waals surface area contributed by atoms with Gasteiger partial charge in [-0.05, 0) is 43.1 Å². The van der Waals surface area contributed by atoms with Crippen molar-refractivity contribution in [2.24, 2.45) is 22.7 Å². The average Bonchev–Trinajstić information content (AvgIpc) is 3.63. The van der Waals surface area contributed by atoms with Crippen molar-refractivity contribution < 1.29 is 78.2 Å². The van der Waals surface area contributed by atoms with Crippen molar-refractivity contribution >= 4 is 11.9 Å². The van der Waals surface area contributed by atoms with Gasteiger partial charge in [0.25, 0.3) is 0 Å². The molecule has 0 amide bonds. The normalized spacial score (nSPS) is 47.0. The zero-order valence-corrected chi connectivity index (χ0v) is 27.4. The van der Waals surface area contributed by atoms with Gasteiger partial charge in [-0.1, -0.05) is 19.9 Å². The first-order chi connectivity index (χ1) is 23.3. The Kier molecular flexibility index (Phi) is 10.3. The van der Waals surface area contributed by atoms with E-state index in [4.69, 9.17) is 32.8 Å². The number of carbonyl (C=O) groups is 2. The first kappa shape index (κ1) is 36.3. The number of hydrogen-bond acceptors (Lipinski definition) is 16. The van der Waals surface area contributed by atoms with Crippen molar-refractivity contribution in [2.45, 2.75) is 113 Å². The number of fused-ring (bicyclic) bond motifs is 3. The molecule has 4 heterocycles. The van der Waals surface area contributed by atoms with Crippen molar-refractivity contribution in [1.82, 2.24) is 0 Å². The summed E-state index contributed by atoms with van der Waals surface area (Å²) in [5.74, 6) is -2.00. The predicted molar refractivity (Wildman–Crippen MR) is 161 cm³/mol. The summed E-state index contributed by atoms with van der Waals surface area (Å²) in [5, 5.41) is 73.1. The Labute approximate surface area is 282 Å². The molecule has 0 unspecified atom stereocenters. The highest BCUT2D eigenvalue weighted by Gasteiger charge is 2.66. The van der Waals surface area contributed by atoms with Gasteiger partial charge in [-0.25, -0.2) is 4.79 Å². The molecule has 6 rings (SSSR count). The molecule has 7 N–H and O–H groups in total. The Morgan fingerprint density at radius 2 is 1.61 bits per heavy atom. The summed E-state index contributed by atoms with van der Waals surface area (Å²) in [6.45, 7) is 2.39. The lowest BCUT2D eigenvalue weighted by Gasteiger charge is -2.62. The van der Waals surface area contributed by atoms with Crippen molar-refractivity contribution in [2.75, 3.05) is 20.3 Å². The first-order valence-corrected chi connectivity index (χ1v) is 16.6. The number of aliphatic hydroxyl groups is 7. The summed E-state index contributed by atoms with van der Waals surface area (Å²) < 4.78 is 39.8. The van der Waals surface area contributed by atoms with E-state index in [1.165, 1.54) is 19.6 Å². The minimum Gasteiger partial charge on any atom is -0.472 e. The van der Waals surface area contributed by atoms with Crippen LogP contribution in [0, 0.1) is 22.7 Å². The lowest BCUT2D eigenvalue weighted by atomic mass is 9.44. The maximum Gasteiger partial charge on any atom is 0.334 e. The van der Waals surface area contributed by atoms with Gasteiger partial charge in [0.1, 0.15) is 54.9 Å². The second kappa shape index (κ2) is 13.9. The summed E-state index contributed by atoms with van der Waals surface area (Å²) in [6.07, 6.45) is -11.4. The SMILES string of the molecule is COC(=O)C1=CCC[C@@H]2[C@]3(C)C[C@@H](c4ccoc4)OC(=O)[C@@H]3C[C@@H](O[C@@H]3O[C@H](CO)[C@@H](O[C@@H]4O[C@H](CO)[C@@H](O)[C@H](O)[C@H]4O)[C@H](O)[C@H]3O)[C@@]12C. The van der Waals surface area contributed by atoms with Gasteiger partial charge < -0.3 is 68.6 Å². The molecule has 16 nitrogen and oxygen atoms in total. The molecule has 274 valence electrons. The summed E-state index contributed by atoms with van der Waals surface area (Å²) in [5.41, 5.74) is -0.663. The van der Waals surface area contributed by atoms with Crippen LogP contribution in [0.3, 0.4) is 0 Å². The summed E-state index contributed by atoms with van der Waals surface area (Å²) in [6, 6.07) is 1.75. The molecule has 0 radical (unpaired) electrons. The molecule has 16 atom stereocenters. The van der Waals surface area contributed by atoms with Crippen LogP contribution in [0.15, 0.2) is 34.7 Å². The highest BCUT2D eigenvalue weighted by atomic mass is 16.7. The zero-order chi connectivity index (χ0) is 35.4. The minimum absolute atomic E-state index is 0.0615. The molecular weight excluding hydrogens is 652 g/mol. The van der Waals surface area contributed by atoms with Gasteiger partial charge in [0, 0.05) is 16.6 Å². The van der Waals surface area contributed by atoms with E-state index in [1.54, 1.807) is 12.1 Å². The van der Waals surface area contributed by atoms with Gasteiger partial charge in [0.15, 0.2) is 12.6 Å². The van der Waals surface area contributed by atoms with E-state index in [2.05, 4.69) is 0 Å². The molecule has 49 heavy (non-hydrogen) atoms. The maximum atomic E-state index is 13.7. The van der Waals surface area contributed by atoms with Crippen LogP contribution in [-0.4, -0.2) is 136 Å². The predicted octanol–water partition coefficient (Wildman–Crippen LogP) is -1.18. The fraction of sp³-hybridized carbons (Fsp3) is 0.758. The van der Waals surface area contributed by atoms with Crippen molar-refractivity contribution in [3.63, 3.8) is 0 Å². The van der Waals surface area contributed by atoms with E-state index in [0.717, 1.165) is 5.56 Å². The molecule has 0 spiro atoms. The third-order valence-corrected chi connectivity index (χ3v) is 11.6. The number of rotatable bonds is 8. The fourth-order valence-electron chi connectivity index (χ4n) is 8.88. The highest BCUT2D eigenvalue weighted by Crippen LogP contribution is 2.65. The quantitative estimate of drug-likeness (QED) is 0.158. The molecule has 4 fully saturated rings. The van der Waals surface area contributed by atoms with Gasteiger partial charge in [-0.15, -0.1) is 0 Å². The average molecular weight is 699 g/mol. The number of aliphatic hydroxyl groups excluding tert-OH is 7. The molecule has 0 bridgehead atoms. The molecule has 16 heteroatoms. The van der Waals surface area contributed by atoms with Gasteiger partial charge in [-0.2, -0.15) is 0 Å². The number of cyclic esters (lactones) is 1. The van der Waals surface area contributed by atoms with E-state index >= 15 is 0 Å². The number of furan rings is 1. The third kappa shape index (κ3) is 6.04. The highest BCUT2D eigenvalue weighted by molar-refractivity contribution is 5.90. The number of hydrogen-bond donors (Lipinski definition) is 7. The molecular formula is C33H46O16. The van der Waals surface area contributed by atoms with Crippen molar-refractivity contribution in [3.8, 4) is 0 Å². The molecule has 1 aromatic rings. The van der Waals surface area contributed by atoms with Crippen LogP contribution in [0.2, 0.25) is 0 Å². The first-order valence-electron chi connectivity index (χ1n) is 16.6. The number of allylic oxidation sites excluding steroid dienone is 1. The Morgan fingerprint density at radius 3 is 2.27 bits per heavy atom. The monoisotopic (exact) mass is 698 g/mol. The summed E-state index contributed by atoms with van der Waals surface area (Å²) >= 11 is 0. The number of ether oxygens (including phenoxy) is 6. The number of methoxy groups -OCH3 is 1. The Hall–Kier alpha value is -2.48. The molecule has 1 saturated carbocycles. The second-order valence-electron chi connectivity index (χ2n) is 14.1. The molecule has 1 aromatic heterocycles. The zero-order valence-electron chi connectivity index (χ0n) is 27.4. The van der Waals surface area contributed by atoms with Crippen molar-refractivity contribution in [3.05, 3.63) is 35.8 Å². The molecule has 3 saturated heterocycles. The lowest BCUT2D eigenvalue weighted by molar-refractivity contribution is -0.368. The van der Waals surface area contributed by atoms with Crippen LogP contribution in [0.25, 0.3) is 0 Å². The van der Waals surface area contributed by atoms with Gasteiger partial charge in [0.05, 0.1) is 44.9 Å². The van der Waals surface area contributed by atoms with Crippen LogP contribution >= 0.6 is 0 Å². The molecule has 0 aromatic carbocycles. The van der Waals surface area contributed by atoms with E-state index in [0.29, 0.717) is 24.8 Å². The largest absolute Gasteiger partial charge is 0.472 e. The second-order valence-corrected chi connectivity index (χ2v) is 14.1. The van der Waals surface area contributed by atoms with E-state index < -0.39 is 116 Å². The van der Waals surface area contributed by atoms with Crippen LogP contribution < -0.4 is 0 Å². The smallest absolute Gasteiger partial charge is 0.334 e. The molecule has 3 aliphatic heterocycles. The fourth-order valence-corrected chi connectivity index (χ4v) is 8.88. The standard InChI is InChI=1S/C33H46O16/c1-32-10-17(14-7-8-44-13-14)45-29(42)16(32)9-21(33(2)15(28(41)43-3)5-4-6-20(32)33)48-30-26(40)24(38)27(19(12-35)47-30)49-31-25(39)23(37)22(36)18(11-34)46-31/h5,7-8,13,16-27,30-31,34-40H,4,6,9-12H2,1-3H3/t16-,17-,18+,19+,20+,21+,22+,23-,24+,25+,26+,27+,30-,31-,32+,33-/m0/s1. The van der Waals surface area contributed by atoms with Gasteiger partial charge >= 0.3 is 11.9 Å². The van der Waals surface area contributed by atoms with Crippen LogP contribution in [0.4, 0.5) is 0 Å². The van der Waals surface area contributed by atoms with Crippen LogP contribution in [0.1, 0.15) is 51.2 Å². The van der Waals surface area contributed by atoms with Crippen LogP contribution in [-0.2, 0) is 38.0 Å². The van der Waals surface area contributed by atoms with E-state index in [1.807, 2.05) is 13.8 Å². The molecule has 2 aliphatic carbocycles. The number of carbonyl (C=O) groups excluding carboxylic acids is 2. The third-order valence-electron chi connectivity index (χ3n) is 11.6. The van der Waals surface area contributed by atoms with Gasteiger partial charge in [-0.3, -0.25) is 4.79 Å². The Morgan fingerprint density at radius 1 is 0.939 bits per heavy atom. The topological polar surface area (TPSA) is 244 Å². The van der Waals surface area contributed by atoms with Crippen LogP contribution in [0.5, 0.6) is 0 Å². The van der Waals surface area contributed by atoms with E-state index in [-0.39, 0.29) is 12.3 Å². The van der Waals surface area contributed by atoms with Crippen molar-refractivity contribution in [1.29, 1.82) is 0 Å². The number of esters is 2. The molecule has 5 aliphatic rings. The maximum absolute atomic E-state index is 13.7. The summed E-state index contributed by atoms with van der Waals surface area (Å²) in [7, 11) is 1.28. The van der Waals surface area contributed by atoms with Gasteiger partial charge in [0.2, 0.25) is 0 Å². The lowest BCUT2D eigenvalue weighted by Crippen LogP contribution is -2.66. The minimum atomic E-state index is -1.82. The summed E-state index contributed by atoms with van der Waals surface area (Å²) in [4.78, 5) is 27.0. The van der Waals surface area contributed by atoms with E-state index in [9.17, 15) is 45.3 Å². The Balaban J connectivity index is 1.28.